The quantitative estimate of drug-likeness (QED) is 0.0320. The molecule has 3 N–H and O–H groups in total. The minimum Gasteiger partial charge on any atom is -0.466 e. The van der Waals surface area contributed by atoms with Crippen molar-refractivity contribution in [3.63, 3.8) is 0 Å². The zero-order chi connectivity index (χ0) is 59.9. The largest absolute Gasteiger partial charge is 0.466 e. The first-order valence-corrected chi connectivity index (χ1v) is 37.7. The highest BCUT2D eigenvalue weighted by Crippen LogP contribution is 2.19. The Balaban J connectivity index is 3.36. The van der Waals surface area contributed by atoms with Crippen LogP contribution >= 0.6 is 0 Å². The van der Waals surface area contributed by atoms with Gasteiger partial charge < -0.3 is 20.3 Å². The topological polar surface area (TPSA) is 95.9 Å². The van der Waals surface area contributed by atoms with Crippen molar-refractivity contribution in [2.45, 2.75) is 431 Å². The van der Waals surface area contributed by atoms with Crippen LogP contribution in [-0.2, 0) is 14.3 Å². The van der Waals surface area contributed by atoms with Crippen molar-refractivity contribution in [3.8, 4) is 0 Å². The van der Waals surface area contributed by atoms with E-state index in [1.54, 1.807) is 0 Å². The molecule has 0 saturated heterocycles. The third-order valence-electron chi connectivity index (χ3n) is 17.7. The van der Waals surface area contributed by atoms with Crippen LogP contribution in [0, 0.1) is 0 Å². The van der Waals surface area contributed by atoms with Gasteiger partial charge in [0, 0.05) is 12.8 Å². The molecule has 83 heavy (non-hydrogen) atoms. The van der Waals surface area contributed by atoms with E-state index in [2.05, 4.69) is 55.6 Å². The normalized spacial score (nSPS) is 12.7. The smallest absolute Gasteiger partial charge is 0.305 e. The molecule has 490 valence electrons. The molecule has 0 heterocycles. The van der Waals surface area contributed by atoms with Crippen LogP contribution in [0.2, 0.25) is 0 Å². The number of esters is 1. The summed E-state index contributed by atoms with van der Waals surface area (Å²) in [5, 5.41) is 23.3. The summed E-state index contributed by atoms with van der Waals surface area (Å²) in [6.45, 7) is 4.98. The molecule has 0 aliphatic rings. The average molecular weight is 1170 g/mol. The number of hydrogen-bond acceptors (Lipinski definition) is 5. The van der Waals surface area contributed by atoms with E-state index in [4.69, 9.17) is 4.74 Å². The van der Waals surface area contributed by atoms with Crippen molar-refractivity contribution in [2.75, 3.05) is 13.2 Å². The molecule has 0 bridgehead atoms. The van der Waals surface area contributed by atoms with E-state index in [0.29, 0.717) is 25.9 Å². The molecule has 0 saturated carbocycles. The van der Waals surface area contributed by atoms with Gasteiger partial charge in [-0.1, -0.05) is 359 Å². The Kier molecular flexibility index (Phi) is 70.9. The number of carbonyl (C=O) groups is 2. The molecule has 2 atom stereocenters. The summed E-state index contributed by atoms with van der Waals surface area (Å²) >= 11 is 0. The van der Waals surface area contributed by atoms with E-state index in [0.717, 1.165) is 51.4 Å². The van der Waals surface area contributed by atoms with Crippen LogP contribution in [0.15, 0.2) is 36.5 Å². The van der Waals surface area contributed by atoms with E-state index in [1.807, 2.05) is 0 Å². The second kappa shape index (κ2) is 72.6. The number of aliphatic hydroxyl groups is 2. The van der Waals surface area contributed by atoms with Crippen molar-refractivity contribution in [1.29, 1.82) is 0 Å². The fourth-order valence-corrected chi connectivity index (χ4v) is 11.9. The summed E-state index contributed by atoms with van der Waals surface area (Å²) in [6.07, 6.45) is 93.6. The highest BCUT2D eigenvalue weighted by molar-refractivity contribution is 5.76. The number of aliphatic hydroxyl groups excluding tert-OH is 2. The zero-order valence-corrected chi connectivity index (χ0v) is 56.2. The molecule has 1 amide bonds. The van der Waals surface area contributed by atoms with Gasteiger partial charge in [-0.2, -0.15) is 0 Å². The monoisotopic (exact) mass is 1170 g/mol. The highest BCUT2D eigenvalue weighted by atomic mass is 16.5. The third kappa shape index (κ3) is 69.1. The number of nitrogens with one attached hydrogen (secondary N) is 1. The molecule has 0 aromatic rings. The molecular weight excluding hydrogens is 1020 g/mol. The number of amides is 1. The van der Waals surface area contributed by atoms with Gasteiger partial charge in [0.25, 0.3) is 0 Å². The van der Waals surface area contributed by atoms with Gasteiger partial charge in [0.1, 0.15) is 0 Å². The number of rotatable bonds is 71. The lowest BCUT2D eigenvalue weighted by molar-refractivity contribution is -0.143. The Morgan fingerprint density at radius 1 is 0.337 bits per heavy atom. The molecule has 0 fully saturated rings. The van der Waals surface area contributed by atoms with Crippen LogP contribution in [0.1, 0.15) is 418 Å². The Bertz CT molecular complexity index is 1340. The molecule has 0 spiro atoms. The van der Waals surface area contributed by atoms with E-state index < -0.39 is 12.1 Å². The number of carbonyl (C=O) groups excluding carboxylic acids is 2. The van der Waals surface area contributed by atoms with Gasteiger partial charge in [-0.15, -0.1) is 0 Å². The first-order valence-electron chi connectivity index (χ1n) is 37.7. The summed E-state index contributed by atoms with van der Waals surface area (Å²) in [7, 11) is 0. The van der Waals surface area contributed by atoms with Crippen LogP contribution in [-0.4, -0.2) is 47.4 Å². The summed E-state index contributed by atoms with van der Waals surface area (Å²) in [4.78, 5) is 24.6. The van der Waals surface area contributed by atoms with Crippen molar-refractivity contribution in [1.82, 2.24) is 5.32 Å². The minimum atomic E-state index is -0.663. The van der Waals surface area contributed by atoms with Gasteiger partial charge in [0.2, 0.25) is 5.91 Å². The molecule has 0 aromatic heterocycles. The third-order valence-corrected chi connectivity index (χ3v) is 17.7. The number of allylic oxidation sites excluding steroid dienone is 6. The van der Waals surface area contributed by atoms with Gasteiger partial charge in [-0.05, 0) is 83.5 Å². The molecule has 0 aliphatic heterocycles. The standard InChI is InChI=1S/C77H147NO5/c1-3-5-7-9-11-13-15-17-19-43-47-51-55-59-63-67-71-77(82)83-72-68-64-60-56-52-48-44-40-38-36-34-32-30-28-26-24-22-20-21-23-25-27-29-31-33-35-37-39-42-46-50-54-58-62-66-70-76(81)78-74(73-79)75(80)69-65-61-57-53-49-45-41-18-16-14-12-10-8-6-4-2/h19,22,24,28,30,43,74-75,79-80H,3-18,20-21,23,25-27,29,31-42,44-73H2,1-2H3,(H,78,81)/b24-22-,30-28-,43-19-. The van der Waals surface area contributed by atoms with Crippen LogP contribution in [0.5, 0.6) is 0 Å². The number of ether oxygens (including phenoxy) is 1. The maximum absolute atomic E-state index is 12.5. The van der Waals surface area contributed by atoms with E-state index in [9.17, 15) is 19.8 Å². The van der Waals surface area contributed by atoms with Crippen molar-refractivity contribution < 1.29 is 24.5 Å². The second-order valence-electron chi connectivity index (χ2n) is 26.0. The maximum atomic E-state index is 12.5. The van der Waals surface area contributed by atoms with Gasteiger partial charge in [0.05, 0.1) is 25.4 Å². The predicted octanol–water partition coefficient (Wildman–Crippen LogP) is 24.7. The summed E-state index contributed by atoms with van der Waals surface area (Å²) < 4.78 is 5.50. The first-order chi connectivity index (χ1) is 41.0. The number of unbranched alkanes of at least 4 members (excludes halogenated alkanes) is 54. The van der Waals surface area contributed by atoms with Crippen molar-refractivity contribution in [3.05, 3.63) is 36.5 Å². The van der Waals surface area contributed by atoms with Crippen LogP contribution in [0.25, 0.3) is 0 Å². The first kappa shape index (κ1) is 81.1. The average Bonchev–Trinajstić information content (AvgIpc) is 3.49. The lowest BCUT2D eigenvalue weighted by Crippen LogP contribution is -2.45. The Morgan fingerprint density at radius 2 is 0.602 bits per heavy atom. The van der Waals surface area contributed by atoms with Crippen LogP contribution in [0.3, 0.4) is 0 Å². The molecule has 2 unspecified atom stereocenters. The van der Waals surface area contributed by atoms with Gasteiger partial charge in [-0.3, -0.25) is 9.59 Å². The van der Waals surface area contributed by atoms with Gasteiger partial charge in [-0.25, -0.2) is 0 Å². The SMILES string of the molecule is CCCCCCCCC/C=C\CCCCCCCC(=O)OCCCCCCCCCCCCC/C=C\C/C=C\CCCCCCCCCCCCCCCCCCCC(=O)NC(CO)C(O)CCCCCCCCCCCCCCCCC. The molecular formula is C77H147NO5. The molecule has 0 aromatic carbocycles. The molecule has 6 heteroatoms. The highest BCUT2D eigenvalue weighted by Gasteiger charge is 2.20. The zero-order valence-electron chi connectivity index (χ0n) is 56.2. The fourth-order valence-electron chi connectivity index (χ4n) is 11.9. The van der Waals surface area contributed by atoms with Gasteiger partial charge in [0.15, 0.2) is 0 Å². The van der Waals surface area contributed by atoms with E-state index >= 15 is 0 Å². The number of hydrogen-bond donors (Lipinski definition) is 3. The Hall–Kier alpha value is -1.92. The molecule has 0 aliphatic carbocycles. The van der Waals surface area contributed by atoms with E-state index in [-0.39, 0.29) is 18.5 Å². The maximum Gasteiger partial charge on any atom is 0.305 e. The summed E-state index contributed by atoms with van der Waals surface area (Å²) in [5.41, 5.74) is 0. The van der Waals surface area contributed by atoms with Crippen molar-refractivity contribution >= 4 is 11.9 Å². The van der Waals surface area contributed by atoms with Crippen LogP contribution in [0.4, 0.5) is 0 Å². The molecule has 0 radical (unpaired) electrons. The minimum absolute atomic E-state index is 0.00992. The fraction of sp³-hybridized carbons (Fsp3) is 0.896. The summed E-state index contributed by atoms with van der Waals surface area (Å²) in [6, 6.07) is -0.540. The predicted molar refractivity (Wildman–Crippen MR) is 366 cm³/mol. The molecule has 6 nitrogen and oxygen atoms in total. The lowest BCUT2D eigenvalue weighted by atomic mass is 10.0. The van der Waals surface area contributed by atoms with Gasteiger partial charge >= 0.3 is 5.97 Å². The summed E-state index contributed by atoms with van der Waals surface area (Å²) in [5.74, 6) is -0.0198. The lowest BCUT2D eigenvalue weighted by Gasteiger charge is -2.22. The Morgan fingerprint density at radius 3 is 0.928 bits per heavy atom. The van der Waals surface area contributed by atoms with E-state index in [1.165, 1.54) is 334 Å². The molecule has 0 rings (SSSR count). The second-order valence-corrected chi connectivity index (χ2v) is 26.0. The van der Waals surface area contributed by atoms with Crippen molar-refractivity contribution in [2.24, 2.45) is 0 Å². The van der Waals surface area contributed by atoms with Crippen LogP contribution < -0.4 is 5.32 Å². The Labute approximate surface area is 519 Å².